The van der Waals surface area contributed by atoms with Crippen LogP contribution in [0.2, 0.25) is 0 Å². The molecule has 0 amide bonds. The van der Waals surface area contributed by atoms with Gasteiger partial charge in [0, 0.05) is 12.1 Å². The second-order valence-corrected chi connectivity index (χ2v) is 6.65. The maximum Gasteiger partial charge on any atom is 0.269 e. The topological polar surface area (TPSA) is 78.7 Å². The molecule has 1 unspecified atom stereocenters. The molecule has 25 heavy (non-hydrogen) atoms. The number of benzene rings is 2. The average Bonchev–Trinajstić information content (AvgIpc) is 2.52. The minimum absolute atomic E-state index is 0.00235. The van der Waals surface area contributed by atoms with Gasteiger partial charge in [0.05, 0.1) is 16.9 Å². The molecule has 1 atom stereocenters. The number of Topliss-reactive ketones (excluding diaryl/α,β-unsaturated/α-hetero) is 1. The third-order valence-electron chi connectivity index (χ3n) is 4.21. The number of aryl methyl sites for hydroxylation is 2. The van der Waals surface area contributed by atoms with Gasteiger partial charge >= 0.3 is 0 Å². The first kappa shape index (κ1) is 17.0. The van der Waals surface area contributed by atoms with Gasteiger partial charge in [-0.3, -0.25) is 14.9 Å². The van der Waals surface area contributed by atoms with Crippen molar-refractivity contribution in [1.29, 1.82) is 0 Å². The van der Waals surface area contributed by atoms with Crippen molar-refractivity contribution in [3.05, 3.63) is 63.2 Å². The molecule has 6 heteroatoms. The Hall–Kier alpha value is -2.89. The van der Waals surface area contributed by atoms with E-state index in [-0.39, 0.29) is 24.5 Å². The molecule has 130 valence electrons. The molecule has 0 aliphatic carbocycles. The van der Waals surface area contributed by atoms with E-state index in [1.807, 2.05) is 32.9 Å². The number of rotatable bonds is 4. The molecule has 1 aliphatic rings. The summed E-state index contributed by atoms with van der Waals surface area (Å²) >= 11 is 0. The van der Waals surface area contributed by atoms with Crippen molar-refractivity contribution in [3.63, 3.8) is 0 Å². The highest BCUT2D eigenvalue weighted by atomic mass is 16.6. The summed E-state index contributed by atoms with van der Waals surface area (Å²) < 4.78 is 11.8. The third-order valence-corrected chi connectivity index (χ3v) is 4.21. The molecule has 0 saturated carbocycles. The molecule has 0 bridgehead atoms. The van der Waals surface area contributed by atoms with Crippen LogP contribution in [0.5, 0.6) is 11.5 Å². The van der Waals surface area contributed by atoms with Crippen molar-refractivity contribution in [2.75, 3.05) is 6.61 Å². The Labute approximate surface area is 145 Å². The van der Waals surface area contributed by atoms with E-state index >= 15 is 0 Å². The highest BCUT2D eigenvalue weighted by molar-refractivity contribution is 6.01. The van der Waals surface area contributed by atoms with Crippen molar-refractivity contribution >= 4 is 11.5 Å². The molecule has 1 aliphatic heterocycles. The third kappa shape index (κ3) is 3.47. The minimum atomic E-state index is -0.786. The van der Waals surface area contributed by atoms with Gasteiger partial charge in [0.25, 0.3) is 5.69 Å². The summed E-state index contributed by atoms with van der Waals surface area (Å²) in [5, 5.41) is 10.7. The molecule has 0 saturated heterocycles. The molecule has 0 aromatic heterocycles. The fourth-order valence-corrected chi connectivity index (χ4v) is 3.08. The number of non-ortho nitro benzene ring substituents is 1. The van der Waals surface area contributed by atoms with Gasteiger partial charge in [0.2, 0.25) is 0 Å². The van der Waals surface area contributed by atoms with Crippen LogP contribution in [0, 0.1) is 24.0 Å². The molecular formula is C19H19NO5. The predicted octanol–water partition coefficient (Wildman–Crippen LogP) is 4.01. The summed E-state index contributed by atoms with van der Waals surface area (Å²) in [6.45, 7) is 5.86. The lowest BCUT2D eigenvalue weighted by molar-refractivity contribution is -0.384. The highest BCUT2D eigenvalue weighted by Gasteiger charge is 2.38. The lowest BCUT2D eigenvalue weighted by Gasteiger charge is -2.35. The van der Waals surface area contributed by atoms with Crippen LogP contribution >= 0.6 is 0 Å². The fourth-order valence-electron chi connectivity index (χ4n) is 3.08. The van der Waals surface area contributed by atoms with Gasteiger partial charge in [0.1, 0.15) is 23.7 Å². The lowest BCUT2D eigenvalue weighted by atomic mass is 9.89. The van der Waals surface area contributed by atoms with Crippen LogP contribution in [-0.4, -0.2) is 22.9 Å². The first-order chi connectivity index (χ1) is 11.8. The number of nitro benzene ring substituents is 1. The maximum absolute atomic E-state index is 12.6. The molecule has 0 spiro atoms. The molecule has 6 nitrogen and oxygen atoms in total. The van der Waals surface area contributed by atoms with E-state index in [2.05, 4.69) is 0 Å². The standard InChI is InChI=1S/C19H19NO5/c1-12-8-13(2)18-16(21)10-19(3,25-17(18)9-12)11-24-15-6-4-14(5-7-15)20(22)23/h4-9H,10-11H2,1-3H3. The van der Waals surface area contributed by atoms with Crippen molar-refractivity contribution in [3.8, 4) is 11.5 Å². The van der Waals surface area contributed by atoms with Crippen molar-refractivity contribution in [2.24, 2.45) is 0 Å². The number of nitrogens with zero attached hydrogens (tertiary/aromatic N) is 1. The zero-order valence-corrected chi connectivity index (χ0v) is 14.4. The van der Waals surface area contributed by atoms with Crippen LogP contribution in [0.15, 0.2) is 36.4 Å². The van der Waals surface area contributed by atoms with Gasteiger partial charge in [-0.05, 0) is 50.1 Å². The number of carbonyl (C=O) groups is 1. The first-order valence-corrected chi connectivity index (χ1v) is 7.98. The monoisotopic (exact) mass is 341 g/mol. The average molecular weight is 341 g/mol. The number of nitro groups is 1. The van der Waals surface area contributed by atoms with Gasteiger partial charge in [-0.15, -0.1) is 0 Å². The normalized spacial score (nSPS) is 19.1. The van der Waals surface area contributed by atoms with E-state index in [1.54, 1.807) is 0 Å². The SMILES string of the molecule is Cc1cc(C)c2c(c1)OC(C)(COc1ccc([N+](=O)[O-])cc1)CC2=O. The van der Waals surface area contributed by atoms with E-state index in [0.717, 1.165) is 11.1 Å². The Balaban J connectivity index is 1.76. The Morgan fingerprint density at radius 3 is 2.56 bits per heavy atom. The number of carbonyl (C=O) groups excluding carboxylic acids is 1. The summed E-state index contributed by atoms with van der Waals surface area (Å²) in [6, 6.07) is 9.67. The molecule has 2 aromatic rings. The van der Waals surface area contributed by atoms with Crippen LogP contribution in [0.3, 0.4) is 0 Å². The van der Waals surface area contributed by atoms with Crippen molar-refractivity contribution in [1.82, 2.24) is 0 Å². The summed E-state index contributed by atoms with van der Waals surface area (Å²) in [5.74, 6) is 1.12. The summed E-state index contributed by atoms with van der Waals surface area (Å²) in [4.78, 5) is 22.8. The minimum Gasteiger partial charge on any atom is -0.489 e. The lowest BCUT2D eigenvalue weighted by Crippen LogP contribution is -2.44. The van der Waals surface area contributed by atoms with Gasteiger partial charge in [-0.2, -0.15) is 0 Å². The second kappa shape index (κ2) is 6.20. The van der Waals surface area contributed by atoms with E-state index in [0.29, 0.717) is 17.1 Å². The molecule has 0 radical (unpaired) electrons. The summed E-state index contributed by atoms with van der Waals surface area (Å²) in [6.07, 6.45) is 0.219. The number of hydrogen-bond donors (Lipinski definition) is 0. The molecule has 0 fully saturated rings. The summed E-state index contributed by atoms with van der Waals surface area (Å²) in [5.41, 5.74) is 1.80. The Morgan fingerprint density at radius 1 is 1.24 bits per heavy atom. The number of ketones is 1. The fraction of sp³-hybridized carbons (Fsp3) is 0.316. The van der Waals surface area contributed by atoms with E-state index in [9.17, 15) is 14.9 Å². The zero-order chi connectivity index (χ0) is 18.2. The van der Waals surface area contributed by atoms with E-state index in [4.69, 9.17) is 9.47 Å². The molecule has 0 N–H and O–H groups in total. The van der Waals surface area contributed by atoms with Crippen LogP contribution in [0.1, 0.15) is 34.8 Å². The largest absolute Gasteiger partial charge is 0.489 e. The summed E-state index contributed by atoms with van der Waals surface area (Å²) in [7, 11) is 0. The Kier molecular flexibility index (Phi) is 4.20. The molecule has 3 rings (SSSR count). The van der Waals surface area contributed by atoms with Crippen molar-refractivity contribution in [2.45, 2.75) is 32.8 Å². The molecular weight excluding hydrogens is 322 g/mol. The number of hydrogen-bond acceptors (Lipinski definition) is 5. The quantitative estimate of drug-likeness (QED) is 0.620. The van der Waals surface area contributed by atoms with Crippen molar-refractivity contribution < 1.29 is 19.2 Å². The molecule has 1 heterocycles. The number of ether oxygens (including phenoxy) is 2. The second-order valence-electron chi connectivity index (χ2n) is 6.65. The van der Waals surface area contributed by atoms with Gasteiger partial charge in [-0.1, -0.05) is 6.07 Å². The maximum atomic E-state index is 12.6. The number of fused-ring (bicyclic) bond motifs is 1. The van der Waals surface area contributed by atoms with Crippen LogP contribution in [0.4, 0.5) is 5.69 Å². The highest BCUT2D eigenvalue weighted by Crippen LogP contribution is 2.36. The van der Waals surface area contributed by atoms with Crippen LogP contribution in [-0.2, 0) is 0 Å². The van der Waals surface area contributed by atoms with Gasteiger partial charge in [-0.25, -0.2) is 0 Å². The van der Waals surface area contributed by atoms with E-state index < -0.39 is 10.5 Å². The molecule has 2 aromatic carbocycles. The van der Waals surface area contributed by atoms with Crippen LogP contribution in [0.25, 0.3) is 0 Å². The Morgan fingerprint density at radius 2 is 1.92 bits per heavy atom. The predicted molar refractivity (Wildman–Crippen MR) is 92.5 cm³/mol. The van der Waals surface area contributed by atoms with E-state index in [1.165, 1.54) is 24.3 Å². The van der Waals surface area contributed by atoms with Gasteiger partial charge < -0.3 is 9.47 Å². The van der Waals surface area contributed by atoms with Gasteiger partial charge in [0.15, 0.2) is 5.78 Å². The van der Waals surface area contributed by atoms with Crippen LogP contribution < -0.4 is 9.47 Å². The first-order valence-electron chi connectivity index (χ1n) is 7.98. The smallest absolute Gasteiger partial charge is 0.269 e. The Bertz CT molecular complexity index is 844. The zero-order valence-electron chi connectivity index (χ0n) is 14.4.